The van der Waals surface area contributed by atoms with E-state index < -0.39 is 5.91 Å². The number of amides is 3. The van der Waals surface area contributed by atoms with E-state index >= 15 is 0 Å². The van der Waals surface area contributed by atoms with Gasteiger partial charge in [-0.05, 0) is 49.3 Å². The largest absolute Gasteiger partial charge is 0.326 e. The molecule has 1 fully saturated rings. The van der Waals surface area contributed by atoms with E-state index in [4.69, 9.17) is 12.2 Å². The highest BCUT2D eigenvalue weighted by Crippen LogP contribution is 2.30. The van der Waals surface area contributed by atoms with Gasteiger partial charge in [-0.25, -0.2) is 0 Å². The number of thiocarbonyl (C=S) groups is 1. The molecule has 0 spiro atoms. The predicted molar refractivity (Wildman–Crippen MR) is 89.4 cm³/mol. The van der Waals surface area contributed by atoms with Gasteiger partial charge in [0.25, 0.3) is 5.91 Å². The van der Waals surface area contributed by atoms with Crippen molar-refractivity contribution in [2.24, 2.45) is 5.92 Å². The molecule has 1 aliphatic rings. The molecule has 0 aromatic heterocycles. The maximum atomic E-state index is 11.9. The second kappa shape index (κ2) is 7.68. The lowest BCUT2D eigenvalue weighted by molar-refractivity contribution is -0.119. The second-order valence-corrected chi connectivity index (χ2v) is 5.56. The van der Waals surface area contributed by atoms with E-state index in [1.807, 2.05) is 0 Å². The molecular weight excluding hydrogens is 316 g/mol. The summed E-state index contributed by atoms with van der Waals surface area (Å²) < 4.78 is 0. The van der Waals surface area contributed by atoms with Crippen LogP contribution in [0.2, 0.25) is 0 Å². The number of nitrogens with one attached hydrogen (secondary N) is 4. The fraction of sp³-hybridized carbons (Fsp3) is 0.333. The third-order valence-corrected chi connectivity index (χ3v) is 3.43. The van der Waals surface area contributed by atoms with E-state index in [1.54, 1.807) is 31.2 Å². The molecule has 0 radical (unpaired) electrons. The Hall–Kier alpha value is -2.48. The van der Waals surface area contributed by atoms with Gasteiger partial charge in [0.05, 0.1) is 0 Å². The second-order valence-electron chi connectivity index (χ2n) is 5.15. The summed E-state index contributed by atoms with van der Waals surface area (Å²) in [5.41, 5.74) is 5.88. The molecule has 4 N–H and O–H groups in total. The standard InChI is InChI=1S/C15H18N4O3S/c1-2-12(20)17-15(23)19-18-14(22)10-5-7-11(8-6-10)16-13(21)9-3-4-9/h5-9H,2-4H2,1H3,(H,16,21)(H,18,22)(H2,17,19,20,23). The summed E-state index contributed by atoms with van der Waals surface area (Å²) in [6.07, 6.45) is 2.17. The number of carbonyl (C=O) groups excluding carboxylic acids is 3. The van der Waals surface area contributed by atoms with E-state index in [0.717, 1.165) is 12.8 Å². The topological polar surface area (TPSA) is 99.3 Å². The molecule has 1 aliphatic carbocycles. The maximum Gasteiger partial charge on any atom is 0.269 e. The Morgan fingerprint density at radius 2 is 1.78 bits per heavy atom. The number of hydrazine groups is 1. The van der Waals surface area contributed by atoms with Gasteiger partial charge in [0.2, 0.25) is 11.8 Å². The van der Waals surface area contributed by atoms with Crippen molar-refractivity contribution in [3.63, 3.8) is 0 Å². The van der Waals surface area contributed by atoms with Crippen LogP contribution in [0.1, 0.15) is 36.5 Å². The molecular formula is C15H18N4O3S. The van der Waals surface area contributed by atoms with Crippen LogP contribution in [0.25, 0.3) is 0 Å². The van der Waals surface area contributed by atoms with E-state index in [-0.39, 0.29) is 22.8 Å². The summed E-state index contributed by atoms with van der Waals surface area (Å²) in [7, 11) is 0. The van der Waals surface area contributed by atoms with Crippen molar-refractivity contribution in [3.8, 4) is 0 Å². The van der Waals surface area contributed by atoms with Crippen LogP contribution in [0.5, 0.6) is 0 Å². The first kappa shape index (κ1) is 16.9. The Morgan fingerprint density at radius 3 is 2.35 bits per heavy atom. The van der Waals surface area contributed by atoms with Crippen LogP contribution in [0.3, 0.4) is 0 Å². The van der Waals surface area contributed by atoms with Crippen molar-refractivity contribution in [1.82, 2.24) is 16.2 Å². The zero-order valence-electron chi connectivity index (χ0n) is 12.6. The monoisotopic (exact) mass is 334 g/mol. The molecule has 23 heavy (non-hydrogen) atoms. The van der Waals surface area contributed by atoms with Crippen LogP contribution in [0.15, 0.2) is 24.3 Å². The molecule has 1 aromatic rings. The summed E-state index contributed by atoms with van der Waals surface area (Å²) in [5.74, 6) is -0.506. The van der Waals surface area contributed by atoms with Gasteiger partial charge in [0, 0.05) is 23.6 Å². The minimum absolute atomic E-state index is 0.0147. The summed E-state index contributed by atoms with van der Waals surface area (Å²) in [5, 5.41) is 5.22. The highest BCUT2D eigenvalue weighted by atomic mass is 32.1. The van der Waals surface area contributed by atoms with Crippen LogP contribution < -0.4 is 21.5 Å². The lowest BCUT2D eigenvalue weighted by Gasteiger charge is -2.10. The molecule has 0 saturated heterocycles. The van der Waals surface area contributed by atoms with Gasteiger partial charge in [0.1, 0.15) is 0 Å². The number of rotatable bonds is 4. The van der Waals surface area contributed by atoms with Crippen LogP contribution >= 0.6 is 12.2 Å². The molecule has 0 heterocycles. The van der Waals surface area contributed by atoms with Gasteiger partial charge in [-0.1, -0.05) is 6.92 Å². The summed E-state index contributed by atoms with van der Waals surface area (Å²) >= 11 is 4.86. The molecule has 7 nitrogen and oxygen atoms in total. The van der Waals surface area contributed by atoms with Crippen LogP contribution in [0, 0.1) is 5.92 Å². The first-order chi connectivity index (χ1) is 11.0. The zero-order valence-corrected chi connectivity index (χ0v) is 13.5. The fourth-order valence-electron chi connectivity index (χ4n) is 1.73. The number of hydrogen-bond acceptors (Lipinski definition) is 4. The van der Waals surface area contributed by atoms with Gasteiger partial charge < -0.3 is 10.6 Å². The lowest BCUT2D eigenvalue weighted by atomic mass is 10.2. The zero-order chi connectivity index (χ0) is 16.8. The minimum atomic E-state index is -0.404. The molecule has 0 unspecified atom stereocenters. The third kappa shape index (κ3) is 5.33. The fourth-order valence-corrected chi connectivity index (χ4v) is 1.89. The highest BCUT2D eigenvalue weighted by Gasteiger charge is 2.29. The lowest BCUT2D eigenvalue weighted by Crippen LogP contribution is -2.48. The van der Waals surface area contributed by atoms with Gasteiger partial charge >= 0.3 is 0 Å². The van der Waals surface area contributed by atoms with Gasteiger partial charge in [0.15, 0.2) is 5.11 Å². The molecule has 0 bridgehead atoms. The van der Waals surface area contributed by atoms with Gasteiger partial charge in [-0.2, -0.15) is 0 Å². The molecule has 2 rings (SSSR count). The highest BCUT2D eigenvalue weighted by molar-refractivity contribution is 7.80. The Morgan fingerprint density at radius 1 is 1.13 bits per heavy atom. The molecule has 3 amide bonds. The van der Waals surface area contributed by atoms with Crippen molar-refractivity contribution < 1.29 is 14.4 Å². The Balaban J connectivity index is 1.81. The van der Waals surface area contributed by atoms with Crippen LogP contribution in [-0.2, 0) is 9.59 Å². The van der Waals surface area contributed by atoms with E-state index in [0.29, 0.717) is 17.7 Å². The third-order valence-electron chi connectivity index (χ3n) is 3.23. The average Bonchev–Trinajstić information content (AvgIpc) is 3.38. The molecule has 1 saturated carbocycles. The first-order valence-electron chi connectivity index (χ1n) is 7.30. The molecule has 8 heteroatoms. The van der Waals surface area contributed by atoms with Gasteiger partial charge in [-0.15, -0.1) is 0 Å². The SMILES string of the molecule is CCC(=O)NC(=S)NNC(=O)c1ccc(NC(=O)C2CC2)cc1. The summed E-state index contributed by atoms with van der Waals surface area (Å²) in [6, 6.07) is 6.50. The molecule has 1 aromatic carbocycles. The number of carbonyl (C=O) groups is 3. The Bertz CT molecular complexity index is 626. The smallest absolute Gasteiger partial charge is 0.269 e. The molecule has 122 valence electrons. The van der Waals surface area contributed by atoms with E-state index in [2.05, 4.69) is 21.5 Å². The Labute approximate surface area is 139 Å². The quantitative estimate of drug-likeness (QED) is 0.488. The van der Waals surface area contributed by atoms with Crippen molar-refractivity contribution in [2.45, 2.75) is 26.2 Å². The predicted octanol–water partition coefficient (Wildman–Crippen LogP) is 1.08. The first-order valence-corrected chi connectivity index (χ1v) is 7.71. The van der Waals surface area contributed by atoms with Crippen LogP contribution in [-0.4, -0.2) is 22.8 Å². The molecule has 0 atom stereocenters. The van der Waals surface area contributed by atoms with Crippen molar-refractivity contribution in [1.29, 1.82) is 0 Å². The van der Waals surface area contributed by atoms with Crippen molar-refractivity contribution in [2.75, 3.05) is 5.32 Å². The number of anilines is 1. The van der Waals surface area contributed by atoms with Crippen molar-refractivity contribution >= 4 is 40.7 Å². The number of hydrogen-bond donors (Lipinski definition) is 4. The van der Waals surface area contributed by atoms with E-state index in [9.17, 15) is 14.4 Å². The maximum absolute atomic E-state index is 11.9. The van der Waals surface area contributed by atoms with Gasteiger partial charge in [-0.3, -0.25) is 25.2 Å². The number of benzene rings is 1. The average molecular weight is 334 g/mol. The van der Waals surface area contributed by atoms with Crippen LogP contribution in [0.4, 0.5) is 5.69 Å². The molecule has 0 aliphatic heterocycles. The summed E-state index contributed by atoms with van der Waals surface area (Å²) in [4.78, 5) is 34.7. The minimum Gasteiger partial charge on any atom is -0.326 e. The Kier molecular flexibility index (Phi) is 5.64. The van der Waals surface area contributed by atoms with E-state index in [1.165, 1.54) is 0 Å². The summed E-state index contributed by atoms with van der Waals surface area (Å²) in [6.45, 7) is 1.69. The van der Waals surface area contributed by atoms with Crippen molar-refractivity contribution in [3.05, 3.63) is 29.8 Å². The normalized spacial score (nSPS) is 12.9.